The first-order valence-electron chi connectivity index (χ1n) is 5.34. The van der Waals surface area contributed by atoms with E-state index in [1.807, 2.05) is 12.2 Å². The number of hydrogen-bond acceptors (Lipinski definition) is 0. The Morgan fingerprint density at radius 1 is 0.867 bits per heavy atom. The van der Waals surface area contributed by atoms with Gasteiger partial charge in [0.25, 0.3) is 0 Å². The zero-order chi connectivity index (χ0) is 11.6. The minimum Gasteiger partial charge on any atom is -0.171 e. The molecule has 0 unspecified atom stereocenters. The summed E-state index contributed by atoms with van der Waals surface area (Å²) in [5.74, 6) is 0. The Bertz CT molecular complexity index is 164. The summed E-state index contributed by atoms with van der Waals surface area (Å²) in [4.78, 5) is 0. The van der Waals surface area contributed by atoms with Crippen LogP contribution in [0.25, 0.3) is 0 Å². The highest BCUT2D eigenvalue weighted by Gasteiger charge is 2.25. The highest BCUT2D eigenvalue weighted by Crippen LogP contribution is 2.22. The summed E-state index contributed by atoms with van der Waals surface area (Å²) in [5.41, 5.74) is 0. The Kier molecular flexibility index (Phi) is 9.26. The van der Waals surface area contributed by atoms with Crippen LogP contribution in [0.4, 0.5) is 13.2 Å². The van der Waals surface area contributed by atoms with Crippen LogP contribution in [0.5, 0.6) is 0 Å². The van der Waals surface area contributed by atoms with Gasteiger partial charge in [-0.3, -0.25) is 0 Å². The number of allylic oxidation sites excluding steroid dienone is 2. The largest absolute Gasteiger partial charge is 0.389 e. The smallest absolute Gasteiger partial charge is 0.171 e. The van der Waals surface area contributed by atoms with Crippen molar-refractivity contribution in [3.05, 3.63) is 12.2 Å². The molecule has 0 saturated carbocycles. The zero-order valence-corrected chi connectivity index (χ0v) is 10.4. The van der Waals surface area contributed by atoms with Gasteiger partial charge in [-0.05, 0) is 32.1 Å². The molecular weight excluding hydrogens is 269 g/mol. The van der Waals surface area contributed by atoms with Crippen molar-refractivity contribution in [3.63, 3.8) is 0 Å². The molecule has 0 nitrogen and oxygen atoms in total. The molecule has 0 N–H and O–H groups in total. The van der Waals surface area contributed by atoms with Crippen LogP contribution >= 0.6 is 15.9 Å². The molecule has 0 rings (SSSR count). The molecular formula is C11H18BrF3. The van der Waals surface area contributed by atoms with Crippen LogP contribution in [-0.4, -0.2) is 11.5 Å². The monoisotopic (exact) mass is 286 g/mol. The minimum absolute atomic E-state index is 0.210. The lowest BCUT2D eigenvalue weighted by Crippen LogP contribution is -2.05. The van der Waals surface area contributed by atoms with Crippen LogP contribution < -0.4 is 0 Å². The van der Waals surface area contributed by atoms with Gasteiger partial charge >= 0.3 is 6.18 Å². The summed E-state index contributed by atoms with van der Waals surface area (Å²) in [5, 5.41) is 1.03. The quantitative estimate of drug-likeness (QED) is 0.326. The van der Waals surface area contributed by atoms with Crippen molar-refractivity contribution < 1.29 is 13.2 Å². The Balaban J connectivity index is 3.18. The highest BCUT2D eigenvalue weighted by molar-refractivity contribution is 9.09. The van der Waals surface area contributed by atoms with Crippen LogP contribution in [0.1, 0.15) is 44.9 Å². The van der Waals surface area contributed by atoms with Crippen molar-refractivity contribution >= 4 is 15.9 Å². The molecule has 0 aromatic carbocycles. The topological polar surface area (TPSA) is 0 Å². The predicted octanol–water partition coefficient (Wildman–Crippen LogP) is 5.23. The van der Waals surface area contributed by atoms with E-state index < -0.39 is 12.6 Å². The van der Waals surface area contributed by atoms with Gasteiger partial charge in [0, 0.05) is 11.8 Å². The lowest BCUT2D eigenvalue weighted by Gasteiger charge is -2.03. The fraction of sp³-hybridized carbons (Fsp3) is 0.818. The third kappa shape index (κ3) is 14.0. The third-order valence-electron chi connectivity index (χ3n) is 2.00. The van der Waals surface area contributed by atoms with Gasteiger partial charge in [-0.1, -0.05) is 34.5 Å². The van der Waals surface area contributed by atoms with Crippen molar-refractivity contribution in [2.45, 2.75) is 51.1 Å². The summed E-state index contributed by atoms with van der Waals surface area (Å²) in [6, 6.07) is 0. The Morgan fingerprint density at radius 3 is 2.00 bits per heavy atom. The van der Waals surface area contributed by atoms with E-state index in [9.17, 15) is 13.2 Å². The molecule has 0 saturated heterocycles. The number of halogens is 4. The molecule has 0 radical (unpaired) electrons. The first kappa shape index (κ1) is 15.0. The number of rotatable bonds is 8. The fourth-order valence-electron chi connectivity index (χ4n) is 1.19. The number of unbranched alkanes of at least 4 members (excludes halogenated alkanes) is 4. The van der Waals surface area contributed by atoms with Crippen LogP contribution in [0.2, 0.25) is 0 Å². The van der Waals surface area contributed by atoms with Crippen LogP contribution in [-0.2, 0) is 0 Å². The zero-order valence-electron chi connectivity index (χ0n) is 8.82. The summed E-state index contributed by atoms with van der Waals surface area (Å²) >= 11 is 3.35. The van der Waals surface area contributed by atoms with Gasteiger partial charge in [0.2, 0.25) is 0 Å². The lowest BCUT2D eigenvalue weighted by molar-refractivity contribution is -0.135. The second-order valence-electron chi connectivity index (χ2n) is 3.52. The van der Waals surface area contributed by atoms with Crippen molar-refractivity contribution in [1.29, 1.82) is 0 Å². The Hall–Kier alpha value is 0.01000. The van der Waals surface area contributed by atoms with Crippen LogP contribution in [0, 0.1) is 0 Å². The van der Waals surface area contributed by atoms with Crippen molar-refractivity contribution in [2.24, 2.45) is 0 Å². The third-order valence-corrected chi connectivity index (χ3v) is 2.56. The number of alkyl halides is 4. The van der Waals surface area contributed by atoms with E-state index in [1.54, 1.807) is 0 Å². The van der Waals surface area contributed by atoms with Crippen molar-refractivity contribution in [1.82, 2.24) is 0 Å². The maximum absolute atomic E-state index is 11.7. The van der Waals surface area contributed by atoms with Crippen molar-refractivity contribution in [3.8, 4) is 0 Å². The molecule has 0 aromatic rings. The molecule has 0 heterocycles. The summed E-state index contributed by atoms with van der Waals surface area (Å²) in [7, 11) is 0. The average Bonchev–Trinajstić information content (AvgIpc) is 2.14. The maximum atomic E-state index is 11.7. The van der Waals surface area contributed by atoms with Crippen LogP contribution in [0.15, 0.2) is 12.2 Å². The lowest BCUT2D eigenvalue weighted by atomic mass is 10.1. The summed E-state index contributed by atoms with van der Waals surface area (Å²) < 4.78 is 35.2. The van der Waals surface area contributed by atoms with E-state index in [-0.39, 0.29) is 6.42 Å². The molecule has 0 aromatic heterocycles. The fourth-order valence-corrected chi connectivity index (χ4v) is 1.59. The van der Waals surface area contributed by atoms with Gasteiger partial charge in [-0.25, -0.2) is 0 Å². The Morgan fingerprint density at radius 2 is 1.47 bits per heavy atom. The van der Waals surface area contributed by atoms with Gasteiger partial charge in [-0.15, -0.1) is 0 Å². The molecule has 0 fully saturated rings. The second kappa shape index (κ2) is 9.25. The van der Waals surface area contributed by atoms with Crippen molar-refractivity contribution in [2.75, 3.05) is 5.33 Å². The van der Waals surface area contributed by atoms with E-state index in [0.29, 0.717) is 6.42 Å². The molecule has 0 aliphatic carbocycles. The van der Waals surface area contributed by atoms with E-state index in [0.717, 1.165) is 18.2 Å². The predicted molar refractivity (Wildman–Crippen MR) is 61.3 cm³/mol. The van der Waals surface area contributed by atoms with Gasteiger partial charge in [0.1, 0.15) is 0 Å². The number of hydrogen-bond donors (Lipinski definition) is 0. The molecule has 0 bridgehead atoms. The van der Waals surface area contributed by atoms with Gasteiger partial charge in [-0.2, -0.15) is 13.2 Å². The highest BCUT2D eigenvalue weighted by atomic mass is 79.9. The molecule has 0 atom stereocenters. The normalized spacial score (nSPS) is 12.5. The molecule has 90 valence electrons. The van der Waals surface area contributed by atoms with Gasteiger partial charge < -0.3 is 0 Å². The molecule has 4 heteroatoms. The Labute approximate surface area is 98.1 Å². The van der Waals surface area contributed by atoms with E-state index in [4.69, 9.17) is 0 Å². The van der Waals surface area contributed by atoms with Gasteiger partial charge in [0.05, 0.1) is 0 Å². The standard InChI is InChI=1S/C11H18BrF3/c12-10-8-6-4-2-1-3-5-7-9-11(13,14)15/h1,3H,2,4-10H2/b3-1+. The second-order valence-corrected chi connectivity index (χ2v) is 4.31. The molecule has 15 heavy (non-hydrogen) atoms. The molecule has 0 aliphatic rings. The maximum Gasteiger partial charge on any atom is 0.389 e. The molecule has 0 amide bonds. The first-order valence-corrected chi connectivity index (χ1v) is 6.46. The summed E-state index contributed by atoms with van der Waals surface area (Å²) in [6.07, 6.45) is 4.40. The van der Waals surface area contributed by atoms with Gasteiger partial charge in [0.15, 0.2) is 0 Å². The van der Waals surface area contributed by atoms with Crippen LogP contribution in [0.3, 0.4) is 0 Å². The minimum atomic E-state index is -4.00. The molecule has 0 aliphatic heterocycles. The average molecular weight is 287 g/mol. The summed E-state index contributed by atoms with van der Waals surface area (Å²) in [6.45, 7) is 0. The first-order chi connectivity index (χ1) is 7.06. The SMILES string of the molecule is FC(F)(F)CCC/C=C/CCCCCBr. The van der Waals surface area contributed by atoms with E-state index in [1.165, 1.54) is 12.8 Å². The van der Waals surface area contributed by atoms with E-state index in [2.05, 4.69) is 15.9 Å². The van der Waals surface area contributed by atoms with E-state index >= 15 is 0 Å². The molecule has 0 spiro atoms.